The summed E-state index contributed by atoms with van der Waals surface area (Å²) in [6, 6.07) is 18.2. The van der Waals surface area contributed by atoms with Gasteiger partial charge >= 0.3 is 0 Å². The Kier molecular flexibility index (Phi) is 6.60. The van der Waals surface area contributed by atoms with E-state index in [4.69, 9.17) is 4.74 Å². The molecule has 0 radical (unpaired) electrons. The fourth-order valence-electron chi connectivity index (χ4n) is 3.10. The first-order valence-corrected chi connectivity index (χ1v) is 9.02. The van der Waals surface area contributed by atoms with Crippen LogP contribution >= 0.6 is 0 Å². The monoisotopic (exact) mass is 338 g/mol. The molecule has 0 saturated carbocycles. The summed E-state index contributed by atoms with van der Waals surface area (Å²) in [6.45, 7) is 2.61. The van der Waals surface area contributed by atoms with Crippen molar-refractivity contribution in [3.63, 3.8) is 0 Å². The van der Waals surface area contributed by atoms with Crippen LogP contribution in [0.5, 0.6) is 0 Å². The smallest absolute Gasteiger partial charge is 0.237 e. The molecule has 1 fully saturated rings. The molecule has 2 aromatic rings. The van der Waals surface area contributed by atoms with Crippen LogP contribution in [0.25, 0.3) is 0 Å². The zero-order chi connectivity index (χ0) is 17.3. The summed E-state index contributed by atoms with van der Waals surface area (Å²) in [7, 11) is 0. The minimum absolute atomic E-state index is 0.0461. The number of rotatable bonds is 7. The van der Waals surface area contributed by atoms with Gasteiger partial charge in [-0.15, -0.1) is 0 Å². The minimum Gasteiger partial charge on any atom is -0.372 e. The molecule has 0 unspecified atom stereocenters. The highest BCUT2D eigenvalue weighted by atomic mass is 16.5. The van der Waals surface area contributed by atoms with Gasteiger partial charge in [0.2, 0.25) is 5.91 Å². The first-order chi connectivity index (χ1) is 12.3. The highest BCUT2D eigenvalue weighted by Crippen LogP contribution is 2.12. The van der Waals surface area contributed by atoms with Crippen molar-refractivity contribution in [2.45, 2.75) is 45.1 Å². The first kappa shape index (κ1) is 17.6. The van der Waals surface area contributed by atoms with Crippen LogP contribution in [0.15, 0.2) is 54.6 Å². The summed E-state index contributed by atoms with van der Waals surface area (Å²) in [5.41, 5.74) is 3.40. The molecule has 0 bridgehead atoms. The summed E-state index contributed by atoms with van der Waals surface area (Å²) in [4.78, 5) is 12.3. The Bertz CT molecular complexity index is 667. The van der Waals surface area contributed by atoms with E-state index in [2.05, 4.69) is 34.9 Å². The van der Waals surface area contributed by atoms with E-state index in [-0.39, 0.29) is 11.9 Å². The van der Waals surface area contributed by atoms with Gasteiger partial charge in [0.1, 0.15) is 0 Å². The van der Waals surface area contributed by atoms with E-state index in [9.17, 15) is 4.79 Å². The second-order valence-corrected chi connectivity index (χ2v) is 6.47. The lowest BCUT2D eigenvalue weighted by atomic mass is 10.0. The summed E-state index contributed by atoms with van der Waals surface area (Å²) in [5.74, 6) is 0.0970. The summed E-state index contributed by atoms with van der Waals surface area (Å²) < 4.78 is 5.84. The third-order valence-corrected chi connectivity index (χ3v) is 4.57. The van der Waals surface area contributed by atoms with Crippen molar-refractivity contribution in [1.82, 2.24) is 10.6 Å². The molecule has 1 aliphatic heterocycles. The second-order valence-electron chi connectivity index (χ2n) is 6.47. The molecule has 2 N–H and O–H groups in total. The van der Waals surface area contributed by atoms with E-state index in [0.717, 1.165) is 42.5 Å². The van der Waals surface area contributed by atoms with Gasteiger partial charge < -0.3 is 15.4 Å². The predicted octanol–water partition coefficient (Wildman–Crippen LogP) is 3.16. The molecule has 0 spiro atoms. The van der Waals surface area contributed by atoms with Gasteiger partial charge in [-0.25, -0.2) is 0 Å². The zero-order valence-electron chi connectivity index (χ0n) is 14.5. The van der Waals surface area contributed by atoms with Crippen molar-refractivity contribution in [3.05, 3.63) is 71.3 Å². The number of carbonyl (C=O) groups is 1. The largest absolute Gasteiger partial charge is 0.372 e. The number of carbonyl (C=O) groups excluding carboxylic acids is 1. The van der Waals surface area contributed by atoms with E-state index in [1.807, 2.05) is 30.3 Å². The van der Waals surface area contributed by atoms with Crippen LogP contribution in [0.1, 0.15) is 36.0 Å². The zero-order valence-corrected chi connectivity index (χ0v) is 14.5. The molecule has 3 rings (SSSR count). The third-order valence-electron chi connectivity index (χ3n) is 4.57. The van der Waals surface area contributed by atoms with Crippen LogP contribution in [-0.2, 0) is 29.3 Å². The fourth-order valence-corrected chi connectivity index (χ4v) is 3.10. The Hall–Kier alpha value is -2.17. The van der Waals surface area contributed by atoms with Crippen LogP contribution in [0.3, 0.4) is 0 Å². The number of ether oxygens (including phenoxy) is 1. The van der Waals surface area contributed by atoms with Crippen molar-refractivity contribution in [2.75, 3.05) is 6.54 Å². The van der Waals surface area contributed by atoms with E-state index in [1.54, 1.807) is 0 Å². The van der Waals surface area contributed by atoms with Gasteiger partial charge in [-0.1, -0.05) is 61.0 Å². The molecular weight excluding hydrogens is 312 g/mol. The molecule has 1 amide bonds. The highest BCUT2D eigenvalue weighted by molar-refractivity contribution is 5.81. The van der Waals surface area contributed by atoms with Crippen molar-refractivity contribution < 1.29 is 9.53 Å². The van der Waals surface area contributed by atoms with E-state index in [0.29, 0.717) is 19.8 Å². The Balaban J connectivity index is 1.50. The lowest BCUT2D eigenvalue weighted by Crippen LogP contribution is -2.46. The van der Waals surface area contributed by atoms with Gasteiger partial charge in [0.05, 0.1) is 19.3 Å². The molecule has 0 aromatic heterocycles. The standard InChI is InChI=1S/C21H26N2O2/c24-21(20-12-6-7-13-22-20)23-14-18-10-4-5-11-19(18)16-25-15-17-8-2-1-3-9-17/h1-5,8-11,20,22H,6-7,12-16H2,(H,23,24)/t20-/m0/s1. The number of benzene rings is 2. The van der Waals surface area contributed by atoms with Crippen LogP contribution < -0.4 is 10.6 Å². The molecule has 2 aromatic carbocycles. The number of hydrogen-bond donors (Lipinski definition) is 2. The Morgan fingerprint density at radius 2 is 1.76 bits per heavy atom. The van der Waals surface area contributed by atoms with Crippen LogP contribution in [0.2, 0.25) is 0 Å². The maximum absolute atomic E-state index is 12.3. The number of nitrogens with one attached hydrogen (secondary N) is 2. The molecule has 1 saturated heterocycles. The van der Waals surface area contributed by atoms with Gasteiger partial charge in [0.15, 0.2) is 0 Å². The number of piperidine rings is 1. The summed E-state index contributed by atoms with van der Waals surface area (Å²) in [6.07, 6.45) is 3.20. The maximum Gasteiger partial charge on any atom is 0.237 e. The molecule has 4 heteroatoms. The van der Waals surface area contributed by atoms with Gasteiger partial charge in [-0.05, 0) is 36.1 Å². The van der Waals surface area contributed by atoms with Crippen LogP contribution in [-0.4, -0.2) is 18.5 Å². The molecular formula is C21H26N2O2. The highest BCUT2D eigenvalue weighted by Gasteiger charge is 2.20. The molecule has 132 valence electrons. The third kappa shape index (κ3) is 5.41. The number of hydrogen-bond acceptors (Lipinski definition) is 3. The van der Waals surface area contributed by atoms with E-state index in [1.165, 1.54) is 0 Å². The number of amides is 1. The second kappa shape index (κ2) is 9.35. The maximum atomic E-state index is 12.3. The quantitative estimate of drug-likeness (QED) is 0.815. The fraction of sp³-hybridized carbons (Fsp3) is 0.381. The van der Waals surface area contributed by atoms with Gasteiger partial charge in [-0.2, -0.15) is 0 Å². The Labute approximate surface area is 149 Å². The molecule has 4 nitrogen and oxygen atoms in total. The lowest BCUT2D eigenvalue weighted by Gasteiger charge is -2.22. The first-order valence-electron chi connectivity index (χ1n) is 9.02. The van der Waals surface area contributed by atoms with Crippen molar-refractivity contribution in [2.24, 2.45) is 0 Å². The average molecular weight is 338 g/mol. The van der Waals surface area contributed by atoms with Gasteiger partial charge in [0, 0.05) is 6.54 Å². The topological polar surface area (TPSA) is 50.4 Å². The Morgan fingerprint density at radius 3 is 2.52 bits per heavy atom. The van der Waals surface area contributed by atoms with E-state index < -0.39 is 0 Å². The minimum atomic E-state index is -0.0461. The SMILES string of the molecule is O=C(NCc1ccccc1COCc1ccccc1)[C@@H]1CCCCN1. The van der Waals surface area contributed by atoms with Crippen LogP contribution in [0.4, 0.5) is 0 Å². The predicted molar refractivity (Wildman–Crippen MR) is 98.9 cm³/mol. The molecule has 1 heterocycles. The normalized spacial score (nSPS) is 17.2. The van der Waals surface area contributed by atoms with Crippen molar-refractivity contribution in [3.8, 4) is 0 Å². The average Bonchev–Trinajstić information content (AvgIpc) is 2.68. The van der Waals surface area contributed by atoms with Gasteiger partial charge in [0.25, 0.3) is 0 Å². The van der Waals surface area contributed by atoms with Gasteiger partial charge in [-0.3, -0.25) is 4.79 Å². The lowest BCUT2D eigenvalue weighted by molar-refractivity contribution is -0.123. The summed E-state index contributed by atoms with van der Waals surface area (Å²) in [5, 5.41) is 6.35. The molecule has 25 heavy (non-hydrogen) atoms. The van der Waals surface area contributed by atoms with Crippen LogP contribution in [0, 0.1) is 0 Å². The van der Waals surface area contributed by atoms with Crippen molar-refractivity contribution >= 4 is 5.91 Å². The Morgan fingerprint density at radius 1 is 1.00 bits per heavy atom. The summed E-state index contributed by atoms with van der Waals surface area (Å²) >= 11 is 0. The molecule has 0 aliphatic carbocycles. The molecule has 1 aliphatic rings. The van der Waals surface area contributed by atoms with Crippen molar-refractivity contribution in [1.29, 1.82) is 0 Å². The molecule has 1 atom stereocenters. The van der Waals surface area contributed by atoms with E-state index >= 15 is 0 Å².